The topological polar surface area (TPSA) is 49.4 Å². The van der Waals surface area contributed by atoms with Gasteiger partial charge in [-0.3, -0.25) is 9.69 Å². The molecule has 3 amide bonds. The molecule has 1 aliphatic heterocycles. The van der Waals surface area contributed by atoms with Crippen LogP contribution in [0.15, 0.2) is 12.1 Å². The number of hydrogen-bond acceptors (Lipinski definition) is 3. The summed E-state index contributed by atoms with van der Waals surface area (Å²) in [5.74, 6) is -0.121. The van der Waals surface area contributed by atoms with Crippen molar-refractivity contribution in [1.29, 1.82) is 0 Å². The molecule has 0 aromatic carbocycles. The van der Waals surface area contributed by atoms with Gasteiger partial charge in [-0.05, 0) is 24.0 Å². The van der Waals surface area contributed by atoms with Crippen molar-refractivity contribution in [3.05, 3.63) is 21.9 Å². The molecule has 1 saturated heterocycles. The molecular weight excluding hydrogens is 260 g/mol. The average molecular weight is 280 g/mol. The highest BCUT2D eigenvalue weighted by molar-refractivity contribution is 7.11. The molecule has 19 heavy (non-hydrogen) atoms. The summed E-state index contributed by atoms with van der Waals surface area (Å²) in [6.07, 6.45) is 0.982. The third-order valence-electron chi connectivity index (χ3n) is 3.27. The monoisotopic (exact) mass is 280 g/mol. The Kier molecular flexibility index (Phi) is 3.67. The molecule has 0 radical (unpaired) electrons. The molecule has 1 aromatic heterocycles. The van der Waals surface area contributed by atoms with Crippen molar-refractivity contribution in [3.63, 3.8) is 0 Å². The largest absolute Gasteiger partial charge is 0.325 e. The Morgan fingerprint density at radius 1 is 1.26 bits per heavy atom. The number of amides is 3. The third-order valence-corrected chi connectivity index (χ3v) is 4.49. The van der Waals surface area contributed by atoms with Gasteiger partial charge in [0.2, 0.25) is 0 Å². The lowest BCUT2D eigenvalue weighted by Crippen LogP contribution is -2.41. The Morgan fingerprint density at radius 2 is 1.89 bits per heavy atom. The third kappa shape index (κ3) is 2.81. The second kappa shape index (κ2) is 4.96. The van der Waals surface area contributed by atoms with Crippen molar-refractivity contribution in [3.8, 4) is 0 Å². The summed E-state index contributed by atoms with van der Waals surface area (Å²) in [4.78, 5) is 27.9. The van der Waals surface area contributed by atoms with E-state index in [-0.39, 0.29) is 17.4 Å². The second-order valence-electron chi connectivity index (χ2n) is 5.89. The number of imide groups is 1. The summed E-state index contributed by atoms with van der Waals surface area (Å²) in [7, 11) is 0. The maximum atomic E-state index is 12.3. The first-order valence-corrected chi connectivity index (χ1v) is 7.34. The van der Waals surface area contributed by atoms with Crippen LogP contribution in [0, 0.1) is 5.41 Å². The zero-order valence-electron chi connectivity index (χ0n) is 11.8. The molecule has 5 heteroatoms. The number of aryl methyl sites for hydroxylation is 1. The van der Waals surface area contributed by atoms with Crippen LogP contribution in [-0.4, -0.2) is 22.9 Å². The molecule has 4 nitrogen and oxygen atoms in total. The molecule has 1 aromatic rings. The van der Waals surface area contributed by atoms with Gasteiger partial charge in [-0.1, -0.05) is 27.7 Å². The van der Waals surface area contributed by atoms with Crippen molar-refractivity contribution in [2.75, 3.05) is 0 Å². The van der Waals surface area contributed by atoms with Gasteiger partial charge in [-0.25, -0.2) is 4.79 Å². The van der Waals surface area contributed by atoms with Crippen molar-refractivity contribution in [2.45, 2.75) is 46.7 Å². The number of carbonyl (C=O) groups is 2. The fraction of sp³-hybridized carbons (Fsp3) is 0.571. The Labute approximate surface area is 117 Å². The van der Waals surface area contributed by atoms with E-state index < -0.39 is 6.04 Å². The van der Waals surface area contributed by atoms with Crippen LogP contribution >= 0.6 is 11.3 Å². The number of urea groups is 1. The van der Waals surface area contributed by atoms with E-state index in [4.69, 9.17) is 0 Å². The molecule has 104 valence electrons. The molecule has 1 fully saturated rings. The molecule has 0 bridgehead atoms. The van der Waals surface area contributed by atoms with Crippen LogP contribution in [0.3, 0.4) is 0 Å². The van der Waals surface area contributed by atoms with E-state index in [9.17, 15) is 9.59 Å². The summed E-state index contributed by atoms with van der Waals surface area (Å²) >= 11 is 1.66. The first-order chi connectivity index (χ1) is 8.82. The van der Waals surface area contributed by atoms with Gasteiger partial charge in [0.05, 0.1) is 6.54 Å². The van der Waals surface area contributed by atoms with E-state index in [1.165, 1.54) is 9.78 Å². The van der Waals surface area contributed by atoms with Gasteiger partial charge in [-0.15, -0.1) is 11.3 Å². The minimum Gasteiger partial charge on any atom is -0.325 e. The Balaban J connectivity index is 2.13. The fourth-order valence-corrected chi connectivity index (χ4v) is 3.06. The highest BCUT2D eigenvalue weighted by Gasteiger charge is 2.44. The molecule has 1 atom stereocenters. The summed E-state index contributed by atoms with van der Waals surface area (Å²) in [6, 6.07) is 3.34. The van der Waals surface area contributed by atoms with Crippen LogP contribution in [0.25, 0.3) is 0 Å². The maximum Gasteiger partial charge on any atom is 0.325 e. The van der Waals surface area contributed by atoms with Gasteiger partial charge in [0.15, 0.2) is 0 Å². The number of nitrogens with zero attached hydrogens (tertiary/aromatic N) is 1. The zero-order valence-corrected chi connectivity index (χ0v) is 12.6. The summed E-state index contributed by atoms with van der Waals surface area (Å²) in [5, 5.41) is 2.78. The van der Waals surface area contributed by atoms with Crippen LogP contribution in [0.2, 0.25) is 0 Å². The molecule has 0 spiro atoms. The standard InChI is InChI=1S/C14H20N2O2S/c1-5-9-6-7-10(19-9)8-16-12(17)11(14(2,3)4)15-13(16)18/h6-7,11H,5,8H2,1-4H3,(H,15,18). The van der Waals surface area contributed by atoms with Crippen molar-refractivity contribution in [1.82, 2.24) is 10.2 Å². The number of rotatable bonds is 3. The predicted octanol–water partition coefficient (Wildman–Crippen LogP) is 2.78. The molecular formula is C14H20N2O2S. The SMILES string of the molecule is CCc1ccc(CN2C(=O)NC(C(C)(C)C)C2=O)s1. The van der Waals surface area contributed by atoms with Crippen molar-refractivity contribution < 1.29 is 9.59 Å². The predicted molar refractivity (Wildman–Crippen MR) is 76.0 cm³/mol. The Bertz CT molecular complexity index is 502. The Morgan fingerprint density at radius 3 is 2.37 bits per heavy atom. The van der Waals surface area contributed by atoms with E-state index in [0.29, 0.717) is 6.54 Å². The van der Waals surface area contributed by atoms with Crippen molar-refractivity contribution >= 4 is 23.3 Å². The maximum absolute atomic E-state index is 12.3. The quantitative estimate of drug-likeness (QED) is 0.866. The molecule has 2 rings (SSSR count). The lowest BCUT2D eigenvalue weighted by molar-refractivity contribution is -0.129. The van der Waals surface area contributed by atoms with E-state index in [1.54, 1.807) is 11.3 Å². The number of thiophene rings is 1. The van der Waals surface area contributed by atoms with Gasteiger partial charge in [0, 0.05) is 9.75 Å². The molecule has 1 unspecified atom stereocenters. The number of carbonyl (C=O) groups excluding carboxylic acids is 2. The lowest BCUT2D eigenvalue weighted by atomic mass is 9.87. The van der Waals surface area contributed by atoms with Gasteiger partial charge < -0.3 is 5.32 Å². The summed E-state index contributed by atoms with van der Waals surface area (Å²) < 4.78 is 0. The normalized spacial score (nSPS) is 20.0. The molecule has 1 N–H and O–H groups in total. The number of nitrogens with one attached hydrogen (secondary N) is 1. The van der Waals surface area contributed by atoms with E-state index in [1.807, 2.05) is 26.8 Å². The smallest absolute Gasteiger partial charge is 0.325 e. The van der Waals surface area contributed by atoms with E-state index in [2.05, 4.69) is 18.3 Å². The highest BCUT2D eigenvalue weighted by Crippen LogP contribution is 2.27. The average Bonchev–Trinajstić information content (AvgIpc) is 2.88. The van der Waals surface area contributed by atoms with Crippen LogP contribution in [0.1, 0.15) is 37.4 Å². The molecule has 0 saturated carbocycles. The van der Waals surface area contributed by atoms with Crippen LogP contribution in [-0.2, 0) is 17.8 Å². The first-order valence-electron chi connectivity index (χ1n) is 6.52. The molecule has 2 heterocycles. The minimum absolute atomic E-state index is 0.121. The van der Waals surface area contributed by atoms with E-state index >= 15 is 0 Å². The minimum atomic E-state index is -0.425. The zero-order chi connectivity index (χ0) is 14.2. The molecule has 1 aliphatic rings. The van der Waals surface area contributed by atoms with Gasteiger partial charge in [-0.2, -0.15) is 0 Å². The fourth-order valence-electron chi connectivity index (χ4n) is 2.11. The summed E-state index contributed by atoms with van der Waals surface area (Å²) in [5.41, 5.74) is -0.258. The van der Waals surface area contributed by atoms with Crippen LogP contribution in [0.4, 0.5) is 4.79 Å². The van der Waals surface area contributed by atoms with Gasteiger partial charge in [0.25, 0.3) is 5.91 Å². The second-order valence-corrected chi connectivity index (χ2v) is 7.15. The summed E-state index contributed by atoms with van der Waals surface area (Å²) in [6.45, 7) is 8.35. The Hall–Kier alpha value is -1.36. The van der Waals surface area contributed by atoms with Gasteiger partial charge >= 0.3 is 6.03 Å². The molecule has 0 aliphatic carbocycles. The lowest BCUT2D eigenvalue weighted by Gasteiger charge is -2.24. The highest BCUT2D eigenvalue weighted by atomic mass is 32.1. The van der Waals surface area contributed by atoms with E-state index in [0.717, 1.165) is 11.3 Å². The van der Waals surface area contributed by atoms with Gasteiger partial charge in [0.1, 0.15) is 6.04 Å². The van der Waals surface area contributed by atoms with Crippen LogP contribution in [0.5, 0.6) is 0 Å². The first kappa shape index (κ1) is 14.1. The number of hydrogen-bond donors (Lipinski definition) is 1. The van der Waals surface area contributed by atoms with Crippen LogP contribution < -0.4 is 5.32 Å². The van der Waals surface area contributed by atoms with Crippen molar-refractivity contribution in [2.24, 2.45) is 5.41 Å².